The highest BCUT2D eigenvalue weighted by Gasteiger charge is 2.42. The van der Waals surface area contributed by atoms with Gasteiger partial charge in [-0.3, -0.25) is 9.69 Å². The monoisotopic (exact) mass is 300 g/mol. The molecule has 0 N–H and O–H groups in total. The molecule has 0 aliphatic carbocycles. The van der Waals surface area contributed by atoms with E-state index in [0.29, 0.717) is 32.7 Å². The fourth-order valence-corrected chi connectivity index (χ4v) is 2.35. The molecule has 2 rings (SSSR count). The second-order valence-corrected chi connectivity index (χ2v) is 6.30. The Labute approximate surface area is 125 Å². The fourth-order valence-electron chi connectivity index (χ4n) is 2.35. The predicted octanol–water partition coefficient (Wildman–Crippen LogP) is 0.827. The van der Waals surface area contributed by atoms with Crippen LogP contribution < -0.4 is 0 Å². The summed E-state index contributed by atoms with van der Waals surface area (Å²) in [6.45, 7) is 7.37. The van der Waals surface area contributed by atoms with Gasteiger partial charge in [0.15, 0.2) is 6.29 Å². The van der Waals surface area contributed by atoms with Crippen LogP contribution in [0.2, 0.25) is 0 Å². The maximum absolute atomic E-state index is 12.5. The Morgan fingerprint density at radius 3 is 2.48 bits per heavy atom. The van der Waals surface area contributed by atoms with E-state index in [1.165, 1.54) is 4.90 Å². The number of morpholine rings is 1. The largest absolute Gasteiger partial charge is 0.444 e. The van der Waals surface area contributed by atoms with Crippen LogP contribution in [0, 0.1) is 0 Å². The standard InChI is InChI=1S/C14H24N2O5/c1-14(2,3)21-13(18)16-6-5-10(16)12(17)15-7-8-20-11(9-15)19-4/h10-11H,5-9H2,1-4H3/t10-,11?/m1/s1. The molecular weight excluding hydrogens is 276 g/mol. The van der Waals surface area contributed by atoms with E-state index in [1.54, 1.807) is 12.0 Å². The minimum atomic E-state index is -0.555. The third kappa shape index (κ3) is 3.85. The summed E-state index contributed by atoms with van der Waals surface area (Å²) < 4.78 is 15.8. The van der Waals surface area contributed by atoms with Crippen molar-refractivity contribution in [3.05, 3.63) is 0 Å². The van der Waals surface area contributed by atoms with E-state index in [0.717, 1.165) is 0 Å². The van der Waals surface area contributed by atoms with Gasteiger partial charge in [0, 0.05) is 20.2 Å². The van der Waals surface area contributed by atoms with Gasteiger partial charge < -0.3 is 19.1 Å². The summed E-state index contributed by atoms with van der Waals surface area (Å²) in [6, 6.07) is -0.421. The summed E-state index contributed by atoms with van der Waals surface area (Å²) in [4.78, 5) is 27.7. The van der Waals surface area contributed by atoms with Gasteiger partial charge in [-0.15, -0.1) is 0 Å². The molecule has 2 amide bonds. The molecule has 0 aromatic rings. The Morgan fingerprint density at radius 1 is 1.24 bits per heavy atom. The summed E-state index contributed by atoms with van der Waals surface area (Å²) in [5.41, 5.74) is -0.555. The molecule has 0 bridgehead atoms. The maximum atomic E-state index is 12.5. The lowest BCUT2D eigenvalue weighted by molar-refractivity contribution is -0.179. The first kappa shape index (κ1) is 16.0. The van der Waals surface area contributed by atoms with Crippen molar-refractivity contribution < 1.29 is 23.8 Å². The zero-order chi connectivity index (χ0) is 15.6. The third-order valence-electron chi connectivity index (χ3n) is 3.54. The molecule has 2 saturated heterocycles. The molecule has 2 heterocycles. The van der Waals surface area contributed by atoms with Crippen LogP contribution >= 0.6 is 0 Å². The van der Waals surface area contributed by atoms with Crippen LogP contribution in [0.25, 0.3) is 0 Å². The highest BCUT2D eigenvalue weighted by atomic mass is 16.7. The van der Waals surface area contributed by atoms with Crippen molar-refractivity contribution in [1.82, 2.24) is 9.80 Å². The van der Waals surface area contributed by atoms with E-state index in [-0.39, 0.29) is 5.91 Å². The van der Waals surface area contributed by atoms with E-state index in [1.807, 2.05) is 20.8 Å². The van der Waals surface area contributed by atoms with E-state index in [2.05, 4.69) is 0 Å². The van der Waals surface area contributed by atoms with Crippen molar-refractivity contribution in [3.8, 4) is 0 Å². The summed E-state index contributed by atoms with van der Waals surface area (Å²) in [5, 5.41) is 0. The number of carbonyl (C=O) groups is 2. The maximum Gasteiger partial charge on any atom is 0.410 e. The molecule has 0 saturated carbocycles. The second kappa shape index (κ2) is 6.19. The van der Waals surface area contributed by atoms with Gasteiger partial charge in [-0.05, 0) is 27.2 Å². The zero-order valence-corrected chi connectivity index (χ0v) is 13.1. The topological polar surface area (TPSA) is 68.3 Å². The Balaban J connectivity index is 1.92. The van der Waals surface area contributed by atoms with Crippen LogP contribution in [0.3, 0.4) is 0 Å². The van der Waals surface area contributed by atoms with Crippen LogP contribution in [-0.4, -0.2) is 73.1 Å². The zero-order valence-electron chi connectivity index (χ0n) is 13.1. The fraction of sp³-hybridized carbons (Fsp3) is 0.857. The van der Waals surface area contributed by atoms with Crippen LogP contribution in [-0.2, 0) is 19.0 Å². The van der Waals surface area contributed by atoms with Gasteiger partial charge in [0.2, 0.25) is 5.91 Å². The lowest BCUT2D eigenvalue weighted by Gasteiger charge is -2.43. The van der Waals surface area contributed by atoms with Crippen molar-refractivity contribution >= 4 is 12.0 Å². The van der Waals surface area contributed by atoms with Crippen LogP contribution in [0.1, 0.15) is 27.2 Å². The molecule has 7 nitrogen and oxygen atoms in total. The van der Waals surface area contributed by atoms with Gasteiger partial charge in [-0.2, -0.15) is 0 Å². The molecule has 0 aromatic heterocycles. The van der Waals surface area contributed by atoms with Gasteiger partial charge in [-0.25, -0.2) is 4.79 Å². The molecule has 2 atom stereocenters. The molecule has 0 spiro atoms. The highest BCUT2D eigenvalue weighted by molar-refractivity contribution is 5.87. The first-order chi connectivity index (χ1) is 9.81. The van der Waals surface area contributed by atoms with E-state index >= 15 is 0 Å². The lowest BCUT2D eigenvalue weighted by Crippen LogP contribution is -2.61. The van der Waals surface area contributed by atoms with Crippen molar-refractivity contribution in [3.63, 3.8) is 0 Å². The number of nitrogens with zero attached hydrogens (tertiary/aromatic N) is 2. The molecule has 1 unspecified atom stereocenters. The molecule has 21 heavy (non-hydrogen) atoms. The third-order valence-corrected chi connectivity index (χ3v) is 3.54. The van der Waals surface area contributed by atoms with Gasteiger partial charge in [0.1, 0.15) is 11.6 Å². The molecule has 2 aliphatic rings. The SMILES string of the molecule is COC1CN(C(=O)[C@H]2CCN2C(=O)OC(C)(C)C)CCO1. The normalized spacial score (nSPS) is 26.3. The first-order valence-electron chi connectivity index (χ1n) is 7.24. The Kier molecular flexibility index (Phi) is 4.73. The number of ether oxygens (including phenoxy) is 3. The number of hydrogen-bond donors (Lipinski definition) is 0. The van der Waals surface area contributed by atoms with Crippen LogP contribution in [0.4, 0.5) is 4.79 Å². The molecule has 0 aromatic carbocycles. The van der Waals surface area contributed by atoms with E-state index in [4.69, 9.17) is 14.2 Å². The molecule has 120 valence electrons. The number of likely N-dealkylation sites (tertiary alicyclic amines) is 1. The number of amides is 2. The predicted molar refractivity (Wildman–Crippen MR) is 74.7 cm³/mol. The van der Waals surface area contributed by atoms with Gasteiger partial charge in [0.25, 0.3) is 0 Å². The Morgan fingerprint density at radius 2 is 1.95 bits per heavy atom. The molecule has 2 aliphatic heterocycles. The van der Waals surface area contributed by atoms with Gasteiger partial charge in [-0.1, -0.05) is 0 Å². The minimum absolute atomic E-state index is 0.0579. The van der Waals surface area contributed by atoms with E-state index in [9.17, 15) is 9.59 Å². The average molecular weight is 300 g/mol. The van der Waals surface area contributed by atoms with Crippen molar-refractivity contribution in [1.29, 1.82) is 0 Å². The van der Waals surface area contributed by atoms with Gasteiger partial charge >= 0.3 is 6.09 Å². The minimum Gasteiger partial charge on any atom is -0.444 e. The van der Waals surface area contributed by atoms with Crippen molar-refractivity contribution in [2.75, 3.05) is 33.4 Å². The number of carbonyl (C=O) groups excluding carboxylic acids is 2. The highest BCUT2D eigenvalue weighted by Crippen LogP contribution is 2.23. The number of rotatable bonds is 2. The van der Waals surface area contributed by atoms with Crippen molar-refractivity contribution in [2.24, 2.45) is 0 Å². The average Bonchev–Trinajstić information content (AvgIpc) is 2.35. The molecule has 2 fully saturated rings. The smallest absolute Gasteiger partial charge is 0.410 e. The summed E-state index contributed by atoms with van der Waals surface area (Å²) in [5.74, 6) is -0.0579. The number of methoxy groups -OCH3 is 1. The van der Waals surface area contributed by atoms with Crippen molar-refractivity contribution in [2.45, 2.75) is 45.1 Å². The van der Waals surface area contributed by atoms with Crippen LogP contribution in [0.5, 0.6) is 0 Å². The lowest BCUT2D eigenvalue weighted by atomic mass is 10.0. The summed E-state index contributed by atoms with van der Waals surface area (Å²) in [6.07, 6.45) is -0.144. The Bertz CT molecular complexity index is 407. The summed E-state index contributed by atoms with van der Waals surface area (Å²) in [7, 11) is 1.55. The quantitative estimate of drug-likeness (QED) is 0.755. The first-order valence-corrected chi connectivity index (χ1v) is 7.24. The molecule has 7 heteroatoms. The molecular formula is C14H24N2O5. The Hall–Kier alpha value is -1.34. The second-order valence-electron chi connectivity index (χ2n) is 6.30. The van der Waals surface area contributed by atoms with Crippen LogP contribution in [0.15, 0.2) is 0 Å². The number of hydrogen-bond acceptors (Lipinski definition) is 5. The van der Waals surface area contributed by atoms with Gasteiger partial charge in [0.05, 0.1) is 13.2 Å². The molecule has 0 radical (unpaired) electrons. The van der Waals surface area contributed by atoms with E-state index < -0.39 is 24.0 Å². The summed E-state index contributed by atoms with van der Waals surface area (Å²) >= 11 is 0.